The van der Waals surface area contributed by atoms with Crippen molar-refractivity contribution in [1.29, 1.82) is 0 Å². The molecule has 0 bridgehead atoms. The third-order valence-electron chi connectivity index (χ3n) is 3.03. The second kappa shape index (κ2) is 4.31. The van der Waals surface area contributed by atoms with Crippen molar-refractivity contribution in [3.63, 3.8) is 0 Å². The second-order valence-corrected chi connectivity index (χ2v) is 5.17. The molecule has 2 aliphatic heterocycles. The van der Waals surface area contributed by atoms with Crippen LogP contribution < -0.4 is 5.32 Å². The summed E-state index contributed by atoms with van der Waals surface area (Å²) in [5.74, 6) is 0.384. The van der Waals surface area contributed by atoms with E-state index in [2.05, 4.69) is 11.7 Å². The summed E-state index contributed by atoms with van der Waals surface area (Å²) < 4.78 is 12.9. The van der Waals surface area contributed by atoms with E-state index in [1.165, 1.54) is 12.1 Å². The third-order valence-corrected chi connectivity index (χ3v) is 4.26. The molecule has 1 amide bonds. The van der Waals surface area contributed by atoms with E-state index in [1.54, 1.807) is 23.9 Å². The van der Waals surface area contributed by atoms with Gasteiger partial charge >= 0.3 is 0 Å². The summed E-state index contributed by atoms with van der Waals surface area (Å²) in [7, 11) is 0. The number of amides is 1. The van der Waals surface area contributed by atoms with Crippen LogP contribution in [0.25, 0.3) is 0 Å². The molecular formula is C12H12FN2OS. The zero-order valence-corrected chi connectivity index (χ0v) is 9.91. The quantitative estimate of drug-likeness (QED) is 0.865. The van der Waals surface area contributed by atoms with Crippen LogP contribution in [0.1, 0.15) is 10.9 Å². The topological polar surface area (TPSA) is 32.3 Å². The molecule has 2 heterocycles. The van der Waals surface area contributed by atoms with Crippen molar-refractivity contribution in [3.05, 3.63) is 42.1 Å². The maximum Gasteiger partial charge on any atom is 0.235 e. The van der Waals surface area contributed by atoms with E-state index in [-0.39, 0.29) is 23.3 Å². The van der Waals surface area contributed by atoms with Crippen LogP contribution in [-0.2, 0) is 4.79 Å². The molecule has 2 saturated heterocycles. The van der Waals surface area contributed by atoms with Crippen molar-refractivity contribution in [2.45, 2.75) is 11.5 Å². The first-order chi connectivity index (χ1) is 8.25. The average molecular weight is 251 g/mol. The Balaban J connectivity index is 1.85. The summed E-state index contributed by atoms with van der Waals surface area (Å²) in [5.41, 5.74) is 0.976. The van der Waals surface area contributed by atoms with Gasteiger partial charge in [0, 0.05) is 13.0 Å². The Morgan fingerprint density at radius 2 is 2.06 bits per heavy atom. The first-order valence-corrected chi connectivity index (χ1v) is 6.55. The minimum atomic E-state index is -0.247. The molecule has 0 aliphatic carbocycles. The zero-order valence-electron chi connectivity index (χ0n) is 9.10. The molecule has 2 atom stereocenters. The number of nitrogens with zero attached hydrogens (tertiary/aromatic N) is 1. The molecule has 0 aromatic heterocycles. The molecule has 2 fully saturated rings. The van der Waals surface area contributed by atoms with Crippen molar-refractivity contribution in [2.75, 3.05) is 12.3 Å². The van der Waals surface area contributed by atoms with Gasteiger partial charge in [-0.25, -0.2) is 4.39 Å². The third kappa shape index (κ3) is 1.93. The van der Waals surface area contributed by atoms with Crippen molar-refractivity contribution in [3.8, 4) is 0 Å². The fraction of sp³-hybridized carbons (Fsp3) is 0.333. The molecule has 0 spiro atoms. The number of carbonyl (C=O) groups is 1. The molecule has 3 rings (SSSR count). The molecule has 5 heteroatoms. The van der Waals surface area contributed by atoms with Crippen LogP contribution >= 0.6 is 11.8 Å². The summed E-state index contributed by atoms with van der Waals surface area (Å²) in [6, 6.07) is 6.37. The first kappa shape index (κ1) is 11.0. The lowest BCUT2D eigenvalue weighted by atomic mass is 10.1. The highest BCUT2D eigenvalue weighted by atomic mass is 32.2. The number of rotatable bonds is 2. The van der Waals surface area contributed by atoms with Gasteiger partial charge in [0.25, 0.3) is 0 Å². The summed E-state index contributed by atoms with van der Waals surface area (Å²) in [5, 5.41) is 3.19. The molecular weight excluding hydrogens is 239 g/mol. The lowest BCUT2D eigenvalue weighted by Gasteiger charge is -2.38. The van der Waals surface area contributed by atoms with Crippen LogP contribution in [0.4, 0.5) is 4.39 Å². The van der Waals surface area contributed by atoms with Crippen molar-refractivity contribution >= 4 is 17.7 Å². The lowest BCUT2D eigenvalue weighted by Crippen LogP contribution is -2.56. The molecule has 3 nitrogen and oxygen atoms in total. The Bertz CT molecular complexity index is 433. The maximum atomic E-state index is 12.9. The number of hydrogen-bond acceptors (Lipinski definition) is 3. The number of nitrogens with one attached hydrogen (secondary N) is 1. The van der Waals surface area contributed by atoms with E-state index in [9.17, 15) is 9.18 Å². The highest BCUT2D eigenvalue weighted by Gasteiger charge is 2.39. The van der Waals surface area contributed by atoms with Crippen LogP contribution in [0.5, 0.6) is 0 Å². The van der Waals surface area contributed by atoms with Crippen molar-refractivity contribution in [2.24, 2.45) is 0 Å². The lowest BCUT2D eigenvalue weighted by molar-refractivity contribution is -0.131. The van der Waals surface area contributed by atoms with E-state index in [0.717, 1.165) is 12.1 Å². The van der Waals surface area contributed by atoms with Gasteiger partial charge in [-0.05, 0) is 17.7 Å². The van der Waals surface area contributed by atoms with Crippen LogP contribution in [0.3, 0.4) is 0 Å². The van der Waals surface area contributed by atoms with Gasteiger partial charge in [-0.1, -0.05) is 12.1 Å². The molecule has 2 unspecified atom stereocenters. The Labute approximate surface area is 103 Å². The van der Waals surface area contributed by atoms with Gasteiger partial charge in [0.2, 0.25) is 5.91 Å². The summed E-state index contributed by atoms with van der Waals surface area (Å²) in [6.07, 6.45) is 2.10. The van der Waals surface area contributed by atoms with Crippen LogP contribution in [0.2, 0.25) is 0 Å². The fourth-order valence-electron chi connectivity index (χ4n) is 2.06. The van der Waals surface area contributed by atoms with E-state index in [4.69, 9.17) is 0 Å². The minimum Gasteiger partial charge on any atom is -0.310 e. The Morgan fingerprint density at radius 1 is 1.35 bits per heavy atom. The molecule has 1 radical (unpaired) electrons. The maximum absolute atomic E-state index is 12.9. The number of hydrogen-bond donors (Lipinski definition) is 1. The van der Waals surface area contributed by atoms with Crippen LogP contribution in [-0.4, -0.2) is 29.3 Å². The SMILES string of the molecule is O=C1CSC(c2ccc(F)cc2)N1C1[CH]CN1. The summed E-state index contributed by atoms with van der Waals surface area (Å²) in [4.78, 5) is 13.7. The van der Waals surface area contributed by atoms with Gasteiger partial charge in [-0.2, -0.15) is 0 Å². The van der Waals surface area contributed by atoms with Gasteiger partial charge in [0.1, 0.15) is 11.2 Å². The van der Waals surface area contributed by atoms with Gasteiger partial charge in [-0.15, -0.1) is 11.8 Å². The largest absolute Gasteiger partial charge is 0.310 e. The molecule has 17 heavy (non-hydrogen) atoms. The van der Waals surface area contributed by atoms with Gasteiger partial charge in [0.05, 0.1) is 11.9 Å². The predicted octanol–water partition coefficient (Wildman–Crippen LogP) is 1.53. The van der Waals surface area contributed by atoms with Crippen LogP contribution in [0.15, 0.2) is 24.3 Å². The molecule has 89 valence electrons. The monoisotopic (exact) mass is 251 g/mol. The predicted molar refractivity (Wildman–Crippen MR) is 64.5 cm³/mol. The molecule has 1 aromatic carbocycles. The second-order valence-electron chi connectivity index (χ2n) is 4.10. The molecule has 1 aromatic rings. The van der Waals surface area contributed by atoms with Crippen molar-refractivity contribution in [1.82, 2.24) is 10.2 Å². The number of benzene rings is 1. The smallest absolute Gasteiger partial charge is 0.235 e. The Morgan fingerprint density at radius 3 is 2.65 bits per heavy atom. The summed E-state index contributed by atoms with van der Waals surface area (Å²) in [6.45, 7) is 0.843. The number of thioether (sulfide) groups is 1. The van der Waals surface area contributed by atoms with Crippen LogP contribution in [0, 0.1) is 12.2 Å². The zero-order chi connectivity index (χ0) is 11.8. The molecule has 1 N–H and O–H groups in total. The highest BCUT2D eigenvalue weighted by Crippen LogP contribution is 2.40. The average Bonchev–Trinajstić information content (AvgIpc) is 2.61. The highest BCUT2D eigenvalue weighted by molar-refractivity contribution is 8.00. The fourth-order valence-corrected chi connectivity index (χ4v) is 3.26. The Hall–Kier alpha value is -1.07. The van der Waals surface area contributed by atoms with E-state index in [0.29, 0.717) is 5.75 Å². The number of halogens is 1. The van der Waals surface area contributed by atoms with Crippen molar-refractivity contribution < 1.29 is 9.18 Å². The number of carbonyl (C=O) groups excluding carboxylic acids is 1. The van der Waals surface area contributed by atoms with Gasteiger partial charge < -0.3 is 4.90 Å². The van der Waals surface area contributed by atoms with Gasteiger partial charge in [0.15, 0.2) is 0 Å². The van der Waals surface area contributed by atoms with E-state index < -0.39 is 0 Å². The van der Waals surface area contributed by atoms with E-state index >= 15 is 0 Å². The normalized spacial score (nSPS) is 28.3. The Kier molecular flexibility index (Phi) is 2.80. The summed E-state index contributed by atoms with van der Waals surface area (Å²) >= 11 is 1.59. The molecule has 2 aliphatic rings. The first-order valence-electron chi connectivity index (χ1n) is 5.50. The van der Waals surface area contributed by atoms with E-state index in [1.807, 2.05) is 4.90 Å². The molecule has 0 saturated carbocycles. The minimum absolute atomic E-state index is 0.00264. The van der Waals surface area contributed by atoms with Gasteiger partial charge in [-0.3, -0.25) is 10.1 Å². The standard InChI is InChI=1S/C12H12FN2OS/c13-9-3-1-8(2-4-9)12-15(10-5-6-14-10)11(16)7-17-12/h1-5,10,12,14H,6-7H2.